The third-order valence-corrected chi connectivity index (χ3v) is 9.39. The van der Waals surface area contributed by atoms with Crippen molar-refractivity contribution >= 4 is 24.0 Å². The van der Waals surface area contributed by atoms with Gasteiger partial charge in [-0.25, -0.2) is 0 Å². The van der Waals surface area contributed by atoms with Crippen LogP contribution in [-0.2, 0) is 9.72 Å². The first-order valence-electron chi connectivity index (χ1n) is 10.7. The Kier molecular flexibility index (Phi) is 4.95. The van der Waals surface area contributed by atoms with E-state index in [9.17, 15) is 4.57 Å². The van der Waals surface area contributed by atoms with Crippen molar-refractivity contribution < 1.29 is 13.8 Å². The fourth-order valence-electron chi connectivity index (χ4n) is 4.22. The molecule has 4 N–H and O–H groups in total. The number of fused-ring (bicyclic) bond motifs is 3. The largest absolute Gasteiger partial charge is 0.455 e. The van der Waals surface area contributed by atoms with Crippen LogP contribution in [0.4, 0.5) is 11.4 Å². The molecular weight excluding hydrogens is 431 g/mol. The molecule has 1 unspecified atom stereocenters. The van der Waals surface area contributed by atoms with E-state index in [2.05, 4.69) is 0 Å². The van der Waals surface area contributed by atoms with Gasteiger partial charge >= 0.3 is 0 Å². The molecule has 0 saturated heterocycles. The smallest absolute Gasteiger partial charge is 0.287 e. The number of anilines is 2. The van der Waals surface area contributed by atoms with E-state index in [1.807, 2.05) is 86.6 Å². The molecule has 0 amide bonds. The molecular formula is C27H25N2O3P. The average Bonchev–Trinajstić information content (AvgIpc) is 2.81. The summed E-state index contributed by atoms with van der Waals surface area (Å²) in [5.41, 5.74) is 15.6. The summed E-state index contributed by atoms with van der Waals surface area (Å²) < 4.78 is 26.8. The molecule has 33 heavy (non-hydrogen) atoms. The highest BCUT2D eigenvalue weighted by molar-refractivity contribution is 7.68. The lowest BCUT2D eigenvalue weighted by atomic mass is 10.0. The lowest BCUT2D eigenvalue weighted by Crippen LogP contribution is -2.31. The molecule has 166 valence electrons. The molecule has 0 aromatic heterocycles. The van der Waals surface area contributed by atoms with E-state index in [0.717, 1.165) is 22.0 Å². The molecule has 5 nitrogen and oxygen atoms in total. The van der Waals surface area contributed by atoms with Crippen molar-refractivity contribution in [1.29, 1.82) is 0 Å². The predicted molar refractivity (Wildman–Crippen MR) is 135 cm³/mol. The second kappa shape index (κ2) is 7.72. The normalized spacial score (nSPS) is 16.9. The first-order valence-corrected chi connectivity index (χ1v) is 12.3. The van der Waals surface area contributed by atoms with Crippen LogP contribution in [0.5, 0.6) is 17.2 Å². The van der Waals surface area contributed by atoms with E-state index in [1.54, 1.807) is 18.2 Å². The minimum absolute atomic E-state index is 0.467. The van der Waals surface area contributed by atoms with Crippen LogP contribution >= 0.6 is 7.37 Å². The third kappa shape index (κ3) is 3.46. The monoisotopic (exact) mass is 456 g/mol. The van der Waals surface area contributed by atoms with Crippen molar-refractivity contribution in [3.05, 3.63) is 96.6 Å². The average molecular weight is 456 g/mol. The number of hydrogen-bond donors (Lipinski definition) is 2. The fraction of sp³-hybridized carbons (Fsp3) is 0.111. The maximum Gasteiger partial charge on any atom is 0.287 e. The Morgan fingerprint density at radius 2 is 1.48 bits per heavy atom. The van der Waals surface area contributed by atoms with Crippen molar-refractivity contribution in [2.24, 2.45) is 0 Å². The van der Waals surface area contributed by atoms with Crippen molar-refractivity contribution in [3.63, 3.8) is 0 Å². The van der Waals surface area contributed by atoms with Gasteiger partial charge in [0.25, 0.3) is 7.37 Å². The lowest BCUT2D eigenvalue weighted by molar-refractivity contribution is 0.455. The summed E-state index contributed by atoms with van der Waals surface area (Å²) in [6.45, 7) is 3.93. The van der Waals surface area contributed by atoms with Gasteiger partial charge in [0.2, 0.25) is 0 Å². The van der Waals surface area contributed by atoms with Gasteiger partial charge in [0.05, 0.1) is 16.1 Å². The second-order valence-electron chi connectivity index (χ2n) is 8.64. The number of nitrogen functional groups attached to an aromatic ring is 2. The van der Waals surface area contributed by atoms with Crippen LogP contribution in [0.2, 0.25) is 0 Å². The van der Waals surface area contributed by atoms with E-state index in [0.29, 0.717) is 28.6 Å². The van der Waals surface area contributed by atoms with Gasteiger partial charge in [-0.3, -0.25) is 4.57 Å². The zero-order chi connectivity index (χ0) is 23.2. The van der Waals surface area contributed by atoms with Crippen LogP contribution in [-0.4, -0.2) is 0 Å². The van der Waals surface area contributed by atoms with E-state index in [-0.39, 0.29) is 0 Å². The Morgan fingerprint density at radius 3 is 2.21 bits per heavy atom. The third-order valence-electron chi connectivity index (χ3n) is 6.18. The molecule has 0 saturated carbocycles. The molecule has 0 aliphatic carbocycles. The van der Waals surface area contributed by atoms with E-state index in [1.165, 1.54) is 0 Å². The maximum absolute atomic E-state index is 14.6. The van der Waals surface area contributed by atoms with Crippen LogP contribution < -0.4 is 26.0 Å². The summed E-state index contributed by atoms with van der Waals surface area (Å²) >= 11 is 0. The number of hydrogen-bond acceptors (Lipinski definition) is 5. The zero-order valence-electron chi connectivity index (χ0n) is 18.5. The highest BCUT2D eigenvalue weighted by Gasteiger charge is 2.49. The Morgan fingerprint density at radius 1 is 0.818 bits per heavy atom. The minimum atomic E-state index is -3.33. The number of para-hydroxylation sites is 1. The minimum Gasteiger partial charge on any atom is -0.455 e. The SMILES string of the molecule is CC(C)(c1ccc(Oc2ccc(N)cc2N)cc1)P1(=O)Oc2ccccc2-c2ccccc21. The summed E-state index contributed by atoms with van der Waals surface area (Å²) in [6.07, 6.45) is 0. The second-order valence-corrected chi connectivity index (χ2v) is 11.5. The molecule has 5 rings (SSSR count). The molecule has 1 atom stereocenters. The van der Waals surface area contributed by atoms with E-state index in [4.69, 9.17) is 20.7 Å². The highest BCUT2D eigenvalue weighted by atomic mass is 31.2. The fourth-order valence-corrected chi connectivity index (χ4v) is 6.87. The zero-order valence-corrected chi connectivity index (χ0v) is 19.4. The van der Waals surface area contributed by atoms with Crippen LogP contribution in [0.25, 0.3) is 11.1 Å². The van der Waals surface area contributed by atoms with Gasteiger partial charge in [-0.05, 0) is 67.4 Å². The molecule has 4 aromatic carbocycles. The standard InChI is InChI=1S/C27H25N2O3P/c1-27(2,18-11-14-20(15-12-18)31-25-16-13-19(28)17-23(25)29)33(30)26-10-6-4-8-22(26)21-7-3-5-9-24(21)32-33/h3-17H,28-29H2,1-2H3. The van der Waals surface area contributed by atoms with Gasteiger partial charge in [-0.15, -0.1) is 0 Å². The van der Waals surface area contributed by atoms with Gasteiger partial charge in [0.1, 0.15) is 17.2 Å². The first kappa shape index (κ1) is 21.2. The van der Waals surface area contributed by atoms with E-state index < -0.39 is 12.5 Å². The van der Waals surface area contributed by atoms with Gasteiger partial charge in [0.15, 0.2) is 0 Å². The van der Waals surface area contributed by atoms with Gasteiger partial charge < -0.3 is 20.7 Å². The number of nitrogens with two attached hydrogens (primary N) is 2. The summed E-state index contributed by atoms with van der Waals surface area (Å²) in [4.78, 5) is 0. The Balaban J connectivity index is 1.51. The molecule has 0 spiro atoms. The van der Waals surface area contributed by atoms with Gasteiger partial charge in [-0.2, -0.15) is 0 Å². The Bertz CT molecular complexity index is 1400. The summed E-state index contributed by atoms with van der Waals surface area (Å²) in [6, 6.07) is 28.2. The molecule has 0 fully saturated rings. The van der Waals surface area contributed by atoms with Gasteiger partial charge in [0, 0.05) is 11.3 Å². The lowest BCUT2D eigenvalue weighted by Gasteiger charge is -2.39. The summed E-state index contributed by atoms with van der Waals surface area (Å²) in [5, 5.41) is -0.0428. The maximum atomic E-state index is 14.6. The van der Waals surface area contributed by atoms with Crippen molar-refractivity contribution in [1.82, 2.24) is 0 Å². The van der Waals surface area contributed by atoms with Crippen LogP contribution in [0.15, 0.2) is 91.0 Å². The van der Waals surface area contributed by atoms with Gasteiger partial charge in [-0.1, -0.05) is 48.5 Å². The Hall–Kier alpha value is -3.69. The molecule has 1 aliphatic rings. The molecule has 4 aromatic rings. The predicted octanol–water partition coefficient (Wildman–Crippen LogP) is 6.54. The molecule has 0 radical (unpaired) electrons. The number of rotatable bonds is 4. The topological polar surface area (TPSA) is 87.6 Å². The number of benzene rings is 4. The molecule has 1 heterocycles. The van der Waals surface area contributed by atoms with Crippen LogP contribution in [0.1, 0.15) is 19.4 Å². The highest BCUT2D eigenvalue weighted by Crippen LogP contribution is 2.66. The molecule has 6 heteroatoms. The van der Waals surface area contributed by atoms with Crippen LogP contribution in [0, 0.1) is 0 Å². The quantitative estimate of drug-likeness (QED) is 0.269. The summed E-state index contributed by atoms with van der Waals surface area (Å²) in [7, 11) is -3.33. The van der Waals surface area contributed by atoms with Crippen molar-refractivity contribution in [2.45, 2.75) is 19.0 Å². The van der Waals surface area contributed by atoms with Crippen molar-refractivity contribution in [3.8, 4) is 28.4 Å². The molecule has 0 bridgehead atoms. The van der Waals surface area contributed by atoms with Crippen molar-refractivity contribution in [2.75, 3.05) is 11.5 Å². The number of ether oxygens (including phenoxy) is 1. The summed E-state index contributed by atoms with van der Waals surface area (Å²) in [5.74, 6) is 1.80. The Labute approximate surface area is 193 Å². The van der Waals surface area contributed by atoms with Crippen LogP contribution in [0.3, 0.4) is 0 Å². The molecule has 1 aliphatic heterocycles. The van der Waals surface area contributed by atoms with E-state index >= 15 is 0 Å². The first-order chi connectivity index (χ1) is 15.8.